The summed E-state index contributed by atoms with van der Waals surface area (Å²) >= 11 is 0. The van der Waals surface area contributed by atoms with E-state index in [2.05, 4.69) is 4.90 Å². The molecule has 0 aromatic rings. The fourth-order valence-electron chi connectivity index (χ4n) is 1.38. The normalized spacial score (nSPS) is 18.7. The van der Waals surface area contributed by atoms with Gasteiger partial charge in [-0.2, -0.15) is 0 Å². The maximum Gasteiger partial charge on any atom is 1.00 e. The van der Waals surface area contributed by atoms with Gasteiger partial charge in [-0.1, -0.05) is 13.8 Å². The predicted molar refractivity (Wildman–Crippen MR) is 46.0 cm³/mol. The SMILES string of the molecule is CC(C)(CN1CCOCC1)C(=O)[O-].[K+]. The molecular weight excluding hydrogens is 209 g/mol. The van der Waals surface area contributed by atoms with E-state index in [1.165, 1.54) is 0 Å². The smallest absolute Gasteiger partial charge is 0.550 e. The van der Waals surface area contributed by atoms with Crippen LogP contribution in [0.3, 0.4) is 0 Å². The van der Waals surface area contributed by atoms with E-state index in [9.17, 15) is 9.90 Å². The molecule has 1 fully saturated rings. The number of hydrogen-bond donors (Lipinski definition) is 0. The first-order valence-electron chi connectivity index (χ1n) is 4.54. The van der Waals surface area contributed by atoms with Crippen LogP contribution in [0.4, 0.5) is 0 Å². The molecule has 14 heavy (non-hydrogen) atoms. The standard InChI is InChI=1S/C9H17NO3.K/c1-9(2,8(11)12)7-10-3-5-13-6-4-10;/h3-7H2,1-2H3,(H,11,12);/q;+1/p-1. The molecular formula is C9H16KNO3. The summed E-state index contributed by atoms with van der Waals surface area (Å²) in [6.07, 6.45) is 0. The molecule has 76 valence electrons. The number of carboxylic acid groups (broad SMARTS) is 1. The number of aliphatic carboxylic acids is 1. The van der Waals surface area contributed by atoms with Crippen molar-refractivity contribution in [2.24, 2.45) is 5.41 Å². The Morgan fingerprint density at radius 3 is 2.36 bits per heavy atom. The quantitative estimate of drug-likeness (QED) is 0.461. The summed E-state index contributed by atoms with van der Waals surface area (Å²) in [4.78, 5) is 12.8. The average molecular weight is 225 g/mol. The number of nitrogens with zero attached hydrogens (tertiary/aromatic N) is 1. The van der Waals surface area contributed by atoms with E-state index >= 15 is 0 Å². The second-order valence-corrected chi connectivity index (χ2v) is 4.06. The van der Waals surface area contributed by atoms with Crippen LogP contribution in [0.25, 0.3) is 0 Å². The second-order valence-electron chi connectivity index (χ2n) is 4.06. The third-order valence-electron chi connectivity index (χ3n) is 2.28. The van der Waals surface area contributed by atoms with E-state index in [-0.39, 0.29) is 51.4 Å². The van der Waals surface area contributed by atoms with Crippen LogP contribution in [0.1, 0.15) is 13.8 Å². The van der Waals surface area contributed by atoms with Crippen LogP contribution in [-0.2, 0) is 9.53 Å². The van der Waals surface area contributed by atoms with Crippen molar-refractivity contribution in [2.45, 2.75) is 13.8 Å². The van der Waals surface area contributed by atoms with Crippen molar-refractivity contribution in [3.63, 3.8) is 0 Å². The van der Waals surface area contributed by atoms with Crippen LogP contribution >= 0.6 is 0 Å². The third kappa shape index (κ3) is 4.70. The first-order chi connectivity index (χ1) is 6.02. The van der Waals surface area contributed by atoms with Gasteiger partial charge in [0.1, 0.15) is 0 Å². The Morgan fingerprint density at radius 1 is 1.43 bits per heavy atom. The summed E-state index contributed by atoms with van der Waals surface area (Å²) in [5, 5.41) is 10.7. The Balaban J connectivity index is 0.00000169. The molecule has 1 aliphatic rings. The molecule has 1 saturated heterocycles. The van der Waals surface area contributed by atoms with Crippen LogP contribution in [-0.4, -0.2) is 43.7 Å². The van der Waals surface area contributed by atoms with Crippen molar-refractivity contribution < 1.29 is 66.0 Å². The second kappa shape index (κ2) is 6.57. The van der Waals surface area contributed by atoms with Gasteiger partial charge in [-0.3, -0.25) is 4.90 Å². The largest absolute Gasteiger partial charge is 1.00 e. The number of ether oxygens (including phenoxy) is 1. The average Bonchev–Trinajstić information content (AvgIpc) is 2.05. The predicted octanol–water partition coefficient (Wildman–Crippen LogP) is -3.90. The minimum absolute atomic E-state index is 0. The molecule has 0 saturated carbocycles. The van der Waals surface area contributed by atoms with Gasteiger partial charge >= 0.3 is 51.4 Å². The van der Waals surface area contributed by atoms with Gasteiger partial charge in [0.15, 0.2) is 0 Å². The van der Waals surface area contributed by atoms with Crippen LogP contribution in [0, 0.1) is 5.41 Å². The Bertz CT molecular complexity index is 190. The summed E-state index contributed by atoms with van der Waals surface area (Å²) in [6.45, 7) is 6.95. The molecule has 0 aromatic heterocycles. The Kier molecular flexibility index (Phi) is 7.06. The summed E-state index contributed by atoms with van der Waals surface area (Å²) in [5.41, 5.74) is -0.767. The molecule has 1 aliphatic heterocycles. The molecule has 0 N–H and O–H groups in total. The molecule has 0 spiro atoms. The van der Waals surface area contributed by atoms with E-state index in [1.807, 2.05) is 0 Å². The van der Waals surface area contributed by atoms with E-state index in [0.717, 1.165) is 13.1 Å². The minimum atomic E-state index is -0.987. The van der Waals surface area contributed by atoms with Crippen molar-refractivity contribution in [1.29, 1.82) is 0 Å². The van der Waals surface area contributed by atoms with Gasteiger partial charge in [-0.05, 0) is 0 Å². The first-order valence-corrected chi connectivity index (χ1v) is 4.54. The molecule has 1 rings (SSSR count). The van der Waals surface area contributed by atoms with Gasteiger partial charge in [0.25, 0.3) is 0 Å². The van der Waals surface area contributed by atoms with Gasteiger partial charge in [-0.15, -0.1) is 0 Å². The fraction of sp³-hybridized carbons (Fsp3) is 0.889. The minimum Gasteiger partial charge on any atom is -0.550 e. The molecule has 0 bridgehead atoms. The van der Waals surface area contributed by atoms with Crippen LogP contribution in [0.2, 0.25) is 0 Å². The molecule has 0 unspecified atom stereocenters. The van der Waals surface area contributed by atoms with E-state index in [4.69, 9.17) is 4.74 Å². The molecule has 0 amide bonds. The van der Waals surface area contributed by atoms with Crippen LogP contribution < -0.4 is 56.5 Å². The third-order valence-corrected chi connectivity index (χ3v) is 2.28. The van der Waals surface area contributed by atoms with Gasteiger partial charge in [0.05, 0.1) is 13.2 Å². The maximum absolute atomic E-state index is 10.7. The van der Waals surface area contributed by atoms with E-state index in [0.29, 0.717) is 19.8 Å². The number of carbonyl (C=O) groups is 1. The van der Waals surface area contributed by atoms with Crippen molar-refractivity contribution >= 4 is 5.97 Å². The summed E-state index contributed by atoms with van der Waals surface area (Å²) in [7, 11) is 0. The zero-order chi connectivity index (χ0) is 9.90. The molecule has 0 atom stereocenters. The number of rotatable bonds is 3. The number of hydrogen-bond acceptors (Lipinski definition) is 4. The first kappa shape index (κ1) is 15.0. The van der Waals surface area contributed by atoms with Gasteiger partial charge < -0.3 is 14.6 Å². The van der Waals surface area contributed by atoms with Crippen molar-refractivity contribution in [3.8, 4) is 0 Å². The molecule has 0 aromatic carbocycles. The summed E-state index contributed by atoms with van der Waals surface area (Å²) in [6, 6.07) is 0. The monoisotopic (exact) mass is 225 g/mol. The van der Waals surface area contributed by atoms with Crippen LogP contribution in [0.15, 0.2) is 0 Å². The zero-order valence-electron chi connectivity index (χ0n) is 9.21. The summed E-state index contributed by atoms with van der Waals surface area (Å²) in [5.74, 6) is -0.987. The molecule has 4 nitrogen and oxygen atoms in total. The topological polar surface area (TPSA) is 52.6 Å². The number of carboxylic acids is 1. The van der Waals surface area contributed by atoms with Gasteiger partial charge in [0.2, 0.25) is 0 Å². The molecule has 0 aliphatic carbocycles. The van der Waals surface area contributed by atoms with Crippen molar-refractivity contribution in [3.05, 3.63) is 0 Å². The molecule has 5 heteroatoms. The molecule has 1 heterocycles. The van der Waals surface area contributed by atoms with E-state index < -0.39 is 11.4 Å². The van der Waals surface area contributed by atoms with Crippen molar-refractivity contribution in [2.75, 3.05) is 32.8 Å². The Morgan fingerprint density at radius 2 is 1.93 bits per heavy atom. The van der Waals surface area contributed by atoms with Crippen LogP contribution in [0.5, 0.6) is 0 Å². The fourth-order valence-corrected chi connectivity index (χ4v) is 1.38. The Labute approximate surface area is 127 Å². The van der Waals surface area contributed by atoms with Gasteiger partial charge in [0, 0.05) is 31.0 Å². The summed E-state index contributed by atoms with van der Waals surface area (Å²) < 4.78 is 5.17. The van der Waals surface area contributed by atoms with Crippen molar-refractivity contribution in [1.82, 2.24) is 4.90 Å². The maximum atomic E-state index is 10.7. The Hall–Kier alpha value is 1.03. The molecule has 0 radical (unpaired) electrons. The number of morpholine rings is 1. The van der Waals surface area contributed by atoms with E-state index in [1.54, 1.807) is 13.8 Å². The van der Waals surface area contributed by atoms with Gasteiger partial charge in [-0.25, -0.2) is 0 Å². The number of carbonyl (C=O) groups excluding carboxylic acids is 1. The zero-order valence-corrected chi connectivity index (χ0v) is 12.3.